The number of benzene rings is 3. The first-order chi connectivity index (χ1) is 19.8. The summed E-state index contributed by atoms with van der Waals surface area (Å²) in [6, 6.07) is 17.9. The minimum atomic E-state index is -0.891. The zero-order chi connectivity index (χ0) is 28.7. The van der Waals surface area contributed by atoms with Gasteiger partial charge in [-0.25, -0.2) is 4.98 Å². The number of hydrogen-bond acceptors (Lipinski definition) is 7. The summed E-state index contributed by atoms with van der Waals surface area (Å²) in [6.45, 7) is 1.62. The Morgan fingerprint density at radius 2 is 1.80 bits per heavy atom. The molecule has 3 aromatic carbocycles. The number of nitrogens with zero attached hydrogens (tertiary/aromatic N) is 2. The van der Waals surface area contributed by atoms with Crippen LogP contribution in [0.4, 0.5) is 11.4 Å². The fraction of sp³-hybridized carbons (Fsp3) is 0.200. The standard InChI is InChI=1S/C30H25N5O6/c1-16-31-20-9-5-10-21(26(20)30(40)35(16)22-12-13-25(36)34-28(22)38)33-27(37)18-7-4-8-19(14-18)32-29(39)24-15-17-6-2-3-11-23(17)41-24/h2-11,14,22,24H,12-13,15H2,1H3,(H,32,39)(H,33,37)(H,34,36,38). The van der Waals surface area contributed by atoms with Crippen LogP contribution in [0.1, 0.15) is 40.6 Å². The molecule has 3 heterocycles. The van der Waals surface area contributed by atoms with Crippen molar-refractivity contribution in [3.63, 3.8) is 0 Å². The number of anilines is 2. The third-order valence-electron chi connectivity index (χ3n) is 7.21. The summed E-state index contributed by atoms with van der Waals surface area (Å²) in [4.78, 5) is 68.4. The second kappa shape index (κ2) is 10.3. The van der Waals surface area contributed by atoms with Gasteiger partial charge in [-0.3, -0.25) is 33.9 Å². The fourth-order valence-electron chi connectivity index (χ4n) is 5.24. The van der Waals surface area contributed by atoms with Crippen molar-refractivity contribution in [1.29, 1.82) is 0 Å². The average molecular weight is 552 g/mol. The number of piperidine rings is 1. The second-order valence-corrected chi connectivity index (χ2v) is 9.94. The summed E-state index contributed by atoms with van der Waals surface area (Å²) in [6.07, 6.45) is 0.0466. The number of imide groups is 1. The highest BCUT2D eigenvalue weighted by Gasteiger charge is 2.31. The molecule has 11 heteroatoms. The molecule has 6 rings (SSSR count). The van der Waals surface area contributed by atoms with E-state index in [1.165, 1.54) is 10.6 Å². The number of amides is 4. The lowest BCUT2D eigenvalue weighted by molar-refractivity contribution is -0.135. The number of fused-ring (bicyclic) bond motifs is 2. The van der Waals surface area contributed by atoms with Gasteiger partial charge in [0, 0.05) is 24.1 Å². The molecule has 2 aliphatic heterocycles. The number of nitrogens with one attached hydrogen (secondary N) is 3. The van der Waals surface area contributed by atoms with Crippen molar-refractivity contribution in [2.75, 3.05) is 10.6 Å². The molecule has 1 aromatic heterocycles. The van der Waals surface area contributed by atoms with E-state index in [4.69, 9.17) is 4.74 Å². The topological polar surface area (TPSA) is 148 Å². The lowest BCUT2D eigenvalue weighted by Crippen LogP contribution is -2.45. The molecule has 2 unspecified atom stereocenters. The summed E-state index contributed by atoms with van der Waals surface area (Å²) in [5.41, 5.74) is 1.69. The maximum atomic E-state index is 13.6. The molecule has 41 heavy (non-hydrogen) atoms. The van der Waals surface area contributed by atoms with Crippen LogP contribution in [-0.4, -0.2) is 39.3 Å². The Labute approximate surface area is 233 Å². The molecule has 0 aliphatic carbocycles. The van der Waals surface area contributed by atoms with Gasteiger partial charge >= 0.3 is 0 Å². The molecule has 2 atom stereocenters. The smallest absolute Gasteiger partial charge is 0.265 e. The third kappa shape index (κ3) is 4.93. The first-order valence-electron chi connectivity index (χ1n) is 13.1. The van der Waals surface area contributed by atoms with Crippen molar-refractivity contribution in [3.05, 3.63) is 94.0 Å². The number of carbonyl (C=O) groups excluding carboxylic acids is 4. The second-order valence-electron chi connectivity index (χ2n) is 9.94. The van der Waals surface area contributed by atoms with Gasteiger partial charge in [0.1, 0.15) is 17.6 Å². The van der Waals surface area contributed by atoms with Gasteiger partial charge in [0.05, 0.1) is 16.6 Å². The van der Waals surface area contributed by atoms with E-state index >= 15 is 0 Å². The number of hydrogen-bond donors (Lipinski definition) is 3. The molecule has 2 aliphatic rings. The van der Waals surface area contributed by atoms with E-state index in [0.717, 1.165) is 5.56 Å². The molecule has 3 N–H and O–H groups in total. The Kier molecular flexibility index (Phi) is 6.54. The highest BCUT2D eigenvalue weighted by molar-refractivity contribution is 6.09. The molecule has 11 nitrogen and oxygen atoms in total. The van der Waals surface area contributed by atoms with Crippen LogP contribution in [0.5, 0.6) is 5.75 Å². The minimum absolute atomic E-state index is 0.103. The van der Waals surface area contributed by atoms with Gasteiger partial charge in [0.25, 0.3) is 17.4 Å². The number of para-hydroxylation sites is 1. The molecule has 4 amide bonds. The quantitative estimate of drug-likeness (QED) is 0.323. The zero-order valence-electron chi connectivity index (χ0n) is 22.0. The van der Waals surface area contributed by atoms with E-state index < -0.39 is 35.4 Å². The van der Waals surface area contributed by atoms with Crippen LogP contribution in [0.25, 0.3) is 10.9 Å². The molecular weight excluding hydrogens is 526 g/mol. The Morgan fingerprint density at radius 3 is 2.61 bits per heavy atom. The van der Waals surface area contributed by atoms with E-state index in [1.807, 2.05) is 24.3 Å². The predicted molar refractivity (Wildman–Crippen MR) is 150 cm³/mol. The molecule has 1 fully saturated rings. The molecule has 0 saturated carbocycles. The average Bonchev–Trinajstić information content (AvgIpc) is 3.39. The van der Waals surface area contributed by atoms with Gasteiger partial charge in [-0.2, -0.15) is 0 Å². The van der Waals surface area contributed by atoms with Gasteiger partial charge in [-0.05, 0) is 55.3 Å². The number of rotatable bonds is 5. The Hall–Kier alpha value is -5.32. The van der Waals surface area contributed by atoms with Crippen molar-refractivity contribution in [3.8, 4) is 5.75 Å². The SMILES string of the molecule is Cc1nc2cccc(NC(=O)c3cccc(NC(=O)C4Cc5ccccc5O4)c3)c2c(=O)n1C1CCC(=O)NC1=O. The highest BCUT2D eigenvalue weighted by atomic mass is 16.5. The maximum absolute atomic E-state index is 13.6. The van der Waals surface area contributed by atoms with Crippen molar-refractivity contribution in [2.24, 2.45) is 0 Å². The fourth-order valence-corrected chi connectivity index (χ4v) is 5.24. The van der Waals surface area contributed by atoms with Gasteiger partial charge in [0.2, 0.25) is 11.8 Å². The number of ether oxygens (including phenoxy) is 1. The maximum Gasteiger partial charge on any atom is 0.265 e. The summed E-state index contributed by atoms with van der Waals surface area (Å²) in [5.74, 6) is -0.804. The Balaban J connectivity index is 1.24. The number of aryl methyl sites for hydroxylation is 1. The van der Waals surface area contributed by atoms with Crippen molar-refractivity contribution >= 4 is 45.9 Å². The van der Waals surface area contributed by atoms with Crippen LogP contribution >= 0.6 is 0 Å². The number of carbonyl (C=O) groups is 4. The van der Waals surface area contributed by atoms with Crippen LogP contribution in [-0.2, 0) is 20.8 Å². The highest BCUT2D eigenvalue weighted by Crippen LogP contribution is 2.29. The monoisotopic (exact) mass is 551 g/mol. The van der Waals surface area contributed by atoms with Gasteiger partial charge in [0.15, 0.2) is 6.10 Å². The molecule has 1 saturated heterocycles. The minimum Gasteiger partial charge on any atom is -0.480 e. The predicted octanol–water partition coefficient (Wildman–Crippen LogP) is 2.88. The van der Waals surface area contributed by atoms with Crippen LogP contribution in [0.2, 0.25) is 0 Å². The first kappa shape index (κ1) is 25.9. The van der Waals surface area contributed by atoms with Crippen LogP contribution in [0, 0.1) is 6.92 Å². The third-order valence-corrected chi connectivity index (χ3v) is 7.21. The largest absolute Gasteiger partial charge is 0.480 e. The Morgan fingerprint density at radius 1 is 1.00 bits per heavy atom. The van der Waals surface area contributed by atoms with E-state index in [-0.39, 0.29) is 35.4 Å². The van der Waals surface area contributed by atoms with Crippen molar-refractivity contribution < 1.29 is 23.9 Å². The lowest BCUT2D eigenvalue weighted by atomic mass is 10.1. The molecule has 0 radical (unpaired) electrons. The summed E-state index contributed by atoms with van der Waals surface area (Å²) < 4.78 is 7.02. The Bertz CT molecular complexity index is 1790. The van der Waals surface area contributed by atoms with E-state index in [9.17, 15) is 24.0 Å². The molecular formula is C30H25N5O6. The van der Waals surface area contributed by atoms with Gasteiger partial charge in [-0.1, -0.05) is 30.3 Å². The first-order valence-corrected chi connectivity index (χ1v) is 13.1. The van der Waals surface area contributed by atoms with E-state index in [1.54, 1.807) is 43.3 Å². The summed E-state index contributed by atoms with van der Waals surface area (Å²) in [5, 5.41) is 7.98. The van der Waals surface area contributed by atoms with Gasteiger partial charge in [-0.15, -0.1) is 0 Å². The van der Waals surface area contributed by atoms with E-state index in [0.29, 0.717) is 29.2 Å². The van der Waals surface area contributed by atoms with Crippen LogP contribution < -0.4 is 26.2 Å². The molecule has 206 valence electrons. The number of aromatic nitrogens is 2. The molecule has 0 bridgehead atoms. The van der Waals surface area contributed by atoms with Gasteiger partial charge < -0.3 is 15.4 Å². The molecule has 0 spiro atoms. The normalized spacial score (nSPS) is 17.9. The summed E-state index contributed by atoms with van der Waals surface area (Å²) in [7, 11) is 0. The van der Waals surface area contributed by atoms with Crippen LogP contribution in [0.3, 0.4) is 0 Å². The molecule has 4 aromatic rings. The zero-order valence-corrected chi connectivity index (χ0v) is 22.0. The van der Waals surface area contributed by atoms with Crippen molar-refractivity contribution in [2.45, 2.75) is 38.3 Å². The summed E-state index contributed by atoms with van der Waals surface area (Å²) >= 11 is 0. The van der Waals surface area contributed by atoms with Crippen LogP contribution in [0.15, 0.2) is 71.5 Å². The van der Waals surface area contributed by atoms with E-state index in [2.05, 4.69) is 20.9 Å². The lowest BCUT2D eigenvalue weighted by Gasteiger charge is -2.24. The van der Waals surface area contributed by atoms with Crippen molar-refractivity contribution in [1.82, 2.24) is 14.9 Å².